The van der Waals surface area contributed by atoms with Crippen LogP contribution < -0.4 is 9.47 Å². The van der Waals surface area contributed by atoms with E-state index in [9.17, 15) is 10.2 Å². The first-order valence-corrected chi connectivity index (χ1v) is 7.93. The summed E-state index contributed by atoms with van der Waals surface area (Å²) in [5.41, 5.74) is 1.21. The molecule has 1 aliphatic carbocycles. The van der Waals surface area contributed by atoms with E-state index >= 15 is 0 Å². The minimum atomic E-state index is -0.751. The zero-order chi connectivity index (χ0) is 15.8. The summed E-state index contributed by atoms with van der Waals surface area (Å²) in [5.74, 6) is 1.33. The van der Waals surface area contributed by atoms with E-state index in [1.54, 1.807) is 7.11 Å². The third-order valence-electron chi connectivity index (χ3n) is 5.84. The largest absolute Gasteiger partial charge is 0.454 e. The predicted molar refractivity (Wildman–Crippen MR) is 80.3 cm³/mol. The summed E-state index contributed by atoms with van der Waals surface area (Å²) in [5, 5.41) is 21.7. The van der Waals surface area contributed by atoms with E-state index in [0.29, 0.717) is 18.0 Å². The molecule has 0 amide bonds. The van der Waals surface area contributed by atoms with Crippen LogP contribution >= 0.6 is 0 Å². The molecule has 6 nitrogen and oxygen atoms in total. The van der Waals surface area contributed by atoms with E-state index in [1.807, 2.05) is 23.1 Å². The average molecular weight is 317 g/mol. The highest BCUT2D eigenvalue weighted by atomic mass is 16.7. The molecule has 1 fully saturated rings. The second-order valence-corrected chi connectivity index (χ2v) is 6.70. The van der Waals surface area contributed by atoms with E-state index < -0.39 is 17.7 Å². The number of fused-ring (bicyclic) bond motifs is 2. The molecule has 1 aromatic carbocycles. The van der Waals surface area contributed by atoms with Crippen LogP contribution in [0.1, 0.15) is 23.8 Å². The van der Waals surface area contributed by atoms with Crippen molar-refractivity contribution in [2.75, 3.05) is 20.4 Å². The van der Waals surface area contributed by atoms with Gasteiger partial charge in [0, 0.05) is 25.3 Å². The van der Waals surface area contributed by atoms with Gasteiger partial charge in [-0.2, -0.15) is 0 Å². The minimum absolute atomic E-state index is 0.00341. The number of hydrogen-bond donors (Lipinski definition) is 2. The van der Waals surface area contributed by atoms with Gasteiger partial charge in [0.05, 0.1) is 17.6 Å². The minimum Gasteiger partial charge on any atom is -0.454 e. The quantitative estimate of drug-likeness (QED) is 0.742. The van der Waals surface area contributed by atoms with Gasteiger partial charge in [0.15, 0.2) is 11.5 Å². The van der Waals surface area contributed by atoms with Crippen LogP contribution in [0.4, 0.5) is 0 Å². The van der Waals surface area contributed by atoms with E-state index in [-0.39, 0.29) is 18.9 Å². The molecule has 0 radical (unpaired) electrons. The Morgan fingerprint density at radius 3 is 2.83 bits per heavy atom. The summed E-state index contributed by atoms with van der Waals surface area (Å²) >= 11 is 0. The van der Waals surface area contributed by atoms with Gasteiger partial charge in [-0.1, -0.05) is 12.2 Å². The van der Waals surface area contributed by atoms with Crippen LogP contribution in [-0.4, -0.2) is 53.8 Å². The molecular weight excluding hydrogens is 298 g/mol. The van der Waals surface area contributed by atoms with Gasteiger partial charge in [0.2, 0.25) is 6.79 Å². The number of aliphatic hydroxyl groups is 2. The number of benzene rings is 1. The Kier molecular flexibility index (Phi) is 2.69. The maximum Gasteiger partial charge on any atom is 0.231 e. The number of ether oxygens (including phenoxy) is 3. The Balaban J connectivity index is 1.75. The van der Waals surface area contributed by atoms with E-state index in [0.717, 1.165) is 17.5 Å². The molecule has 2 N–H and O–H groups in total. The molecule has 5 rings (SSSR count). The predicted octanol–water partition coefficient (Wildman–Crippen LogP) is 0.678. The highest BCUT2D eigenvalue weighted by molar-refractivity contribution is 5.57. The van der Waals surface area contributed by atoms with Gasteiger partial charge in [0.25, 0.3) is 0 Å². The van der Waals surface area contributed by atoms with Gasteiger partial charge < -0.3 is 24.4 Å². The van der Waals surface area contributed by atoms with Crippen molar-refractivity contribution in [3.8, 4) is 11.5 Å². The van der Waals surface area contributed by atoms with Gasteiger partial charge in [-0.05, 0) is 24.1 Å². The van der Waals surface area contributed by atoms with Crippen LogP contribution in [0.25, 0.3) is 0 Å². The van der Waals surface area contributed by atoms with Gasteiger partial charge in [-0.25, -0.2) is 0 Å². The first-order valence-electron chi connectivity index (χ1n) is 7.93. The topological polar surface area (TPSA) is 71.4 Å². The summed E-state index contributed by atoms with van der Waals surface area (Å²) in [4.78, 5) is 1.98. The van der Waals surface area contributed by atoms with Gasteiger partial charge in [-0.15, -0.1) is 0 Å². The third-order valence-corrected chi connectivity index (χ3v) is 5.84. The molecule has 6 atom stereocenters. The van der Waals surface area contributed by atoms with Crippen LogP contribution in [0.2, 0.25) is 0 Å². The van der Waals surface area contributed by atoms with Crippen molar-refractivity contribution in [2.45, 2.75) is 36.3 Å². The molecule has 6 heteroatoms. The van der Waals surface area contributed by atoms with Crippen LogP contribution in [0.5, 0.6) is 11.5 Å². The number of rotatable bonds is 1. The second-order valence-electron chi connectivity index (χ2n) is 6.70. The molecule has 0 aromatic heterocycles. The molecule has 2 unspecified atom stereocenters. The van der Waals surface area contributed by atoms with Crippen LogP contribution in [0.3, 0.4) is 0 Å². The highest BCUT2D eigenvalue weighted by Crippen LogP contribution is 2.56. The molecule has 2 bridgehead atoms. The lowest BCUT2D eigenvalue weighted by Gasteiger charge is -2.48. The molecule has 1 aromatic rings. The van der Waals surface area contributed by atoms with Crippen molar-refractivity contribution in [1.29, 1.82) is 0 Å². The Hall–Kier alpha value is -1.60. The molecule has 4 aliphatic rings. The fourth-order valence-electron chi connectivity index (χ4n) is 4.71. The molecule has 23 heavy (non-hydrogen) atoms. The maximum atomic E-state index is 10.8. The lowest BCUT2D eigenvalue weighted by Crippen LogP contribution is -2.53. The first kappa shape index (κ1) is 13.8. The Morgan fingerprint density at radius 2 is 2.04 bits per heavy atom. The highest BCUT2D eigenvalue weighted by Gasteiger charge is 2.61. The standard InChI is InChI=1S/C17H19NO5/c1-21-9-2-3-17-11-6-13-12(22-8-23-13)5-10(11)16(20)18(7-15(17)19)14(17)4-9/h2-3,5-6,9,14-16,19-20H,4,7-8H2,1H3/t9-,14+,15?,16+,17-/m0/s1. The fourth-order valence-corrected chi connectivity index (χ4v) is 4.71. The van der Waals surface area contributed by atoms with E-state index in [4.69, 9.17) is 14.2 Å². The maximum absolute atomic E-state index is 10.8. The second kappa shape index (κ2) is 4.48. The van der Waals surface area contributed by atoms with Crippen molar-refractivity contribution < 1.29 is 24.4 Å². The summed E-state index contributed by atoms with van der Waals surface area (Å²) in [7, 11) is 1.69. The molecule has 122 valence electrons. The van der Waals surface area contributed by atoms with E-state index in [2.05, 4.69) is 6.08 Å². The summed E-state index contributed by atoms with van der Waals surface area (Å²) in [6.45, 7) is 0.631. The average Bonchev–Trinajstić information content (AvgIpc) is 3.12. The lowest BCUT2D eigenvalue weighted by atomic mass is 9.65. The first-order chi connectivity index (χ1) is 11.1. The van der Waals surface area contributed by atoms with Crippen molar-refractivity contribution in [2.24, 2.45) is 0 Å². The molecule has 1 saturated heterocycles. The summed E-state index contributed by atoms with van der Waals surface area (Å²) < 4.78 is 16.4. The van der Waals surface area contributed by atoms with Crippen LogP contribution in [0.15, 0.2) is 24.3 Å². The lowest BCUT2D eigenvalue weighted by molar-refractivity contribution is -0.0399. The van der Waals surface area contributed by atoms with Gasteiger partial charge in [0.1, 0.15) is 6.23 Å². The van der Waals surface area contributed by atoms with Gasteiger partial charge in [-0.3, -0.25) is 4.90 Å². The molecule has 3 aliphatic heterocycles. The number of hydrogen-bond acceptors (Lipinski definition) is 6. The molecular formula is C17H19NO5. The fraction of sp³-hybridized carbons (Fsp3) is 0.529. The zero-order valence-electron chi connectivity index (χ0n) is 12.8. The molecule has 0 saturated carbocycles. The van der Waals surface area contributed by atoms with Crippen LogP contribution in [0, 0.1) is 0 Å². The van der Waals surface area contributed by atoms with Crippen molar-refractivity contribution in [1.82, 2.24) is 4.90 Å². The third kappa shape index (κ3) is 1.57. The zero-order valence-corrected chi connectivity index (χ0v) is 12.8. The van der Waals surface area contributed by atoms with Crippen molar-refractivity contribution in [3.05, 3.63) is 35.4 Å². The Morgan fingerprint density at radius 1 is 1.26 bits per heavy atom. The van der Waals surface area contributed by atoms with Crippen molar-refractivity contribution >= 4 is 0 Å². The van der Waals surface area contributed by atoms with Crippen molar-refractivity contribution in [3.63, 3.8) is 0 Å². The van der Waals surface area contributed by atoms with E-state index in [1.165, 1.54) is 0 Å². The number of aliphatic hydroxyl groups excluding tert-OH is 2. The molecule has 0 spiro atoms. The smallest absolute Gasteiger partial charge is 0.231 e. The Labute approximate surface area is 133 Å². The van der Waals surface area contributed by atoms with Crippen LogP contribution in [-0.2, 0) is 10.2 Å². The summed E-state index contributed by atoms with van der Waals surface area (Å²) in [6, 6.07) is 3.79. The molecule has 3 heterocycles. The summed E-state index contributed by atoms with van der Waals surface area (Å²) in [6.07, 6.45) is 3.51. The number of methoxy groups -OCH3 is 1. The monoisotopic (exact) mass is 317 g/mol. The Bertz CT molecular complexity index is 704. The van der Waals surface area contributed by atoms with Gasteiger partial charge >= 0.3 is 0 Å². The number of nitrogens with zero attached hydrogens (tertiary/aromatic N) is 1. The SMILES string of the molecule is CO[C@H]1C=C[C@@]23c4cc5c(cc4[C@@H](O)N(CC2O)[C@@H]3C1)OCO5. The normalized spacial score (nSPS) is 42.5.